The predicted molar refractivity (Wildman–Crippen MR) is 82.2 cm³/mol. The van der Waals surface area contributed by atoms with E-state index in [0.717, 1.165) is 53.9 Å². The van der Waals surface area contributed by atoms with Crippen molar-refractivity contribution in [2.75, 3.05) is 0 Å². The van der Waals surface area contributed by atoms with Crippen LogP contribution in [0.1, 0.15) is 49.7 Å². The Morgan fingerprint density at radius 1 is 0.952 bits per heavy atom. The molecular weight excluding hydrogens is 260 g/mol. The monoisotopic (exact) mass is 284 g/mol. The SMILES string of the molecule is Cc1cc(C)cc(OC(=O)C23CC4CC(CC(C4)C2)C3)c1. The van der Waals surface area contributed by atoms with E-state index in [0.29, 0.717) is 0 Å². The highest BCUT2D eigenvalue weighted by Crippen LogP contribution is 2.60. The van der Waals surface area contributed by atoms with Crippen molar-refractivity contribution in [1.82, 2.24) is 0 Å². The topological polar surface area (TPSA) is 26.3 Å². The second-order valence-electron chi connectivity index (χ2n) is 7.91. The smallest absolute Gasteiger partial charge is 0.317 e. The van der Waals surface area contributed by atoms with Gasteiger partial charge < -0.3 is 4.74 Å². The molecule has 4 aliphatic carbocycles. The molecule has 0 saturated heterocycles. The van der Waals surface area contributed by atoms with Crippen LogP contribution in [0.2, 0.25) is 0 Å². The zero-order valence-electron chi connectivity index (χ0n) is 13.0. The zero-order valence-corrected chi connectivity index (χ0v) is 13.0. The summed E-state index contributed by atoms with van der Waals surface area (Å²) in [5.41, 5.74) is 2.15. The average molecular weight is 284 g/mol. The van der Waals surface area contributed by atoms with Gasteiger partial charge in [0.2, 0.25) is 0 Å². The van der Waals surface area contributed by atoms with Gasteiger partial charge in [0.1, 0.15) is 5.75 Å². The van der Waals surface area contributed by atoms with Crippen molar-refractivity contribution in [2.24, 2.45) is 23.2 Å². The molecule has 0 atom stereocenters. The first-order chi connectivity index (χ1) is 10.0. The molecule has 112 valence electrons. The number of ether oxygens (including phenoxy) is 1. The Kier molecular flexibility index (Phi) is 2.92. The minimum absolute atomic E-state index is 0.0478. The van der Waals surface area contributed by atoms with Crippen LogP contribution in [-0.4, -0.2) is 5.97 Å². The number of benzene rings is 1. The Balaban J connectivity index is 1.57. The van der Waals surface area contributed by atoms with E-state index in [1.807, 2.05) is 12.1 Å². The van der Waals surface area contributed by atoms with E-state index in [-0.39, 0.29) is 11.4 Å². The molecule has 0 N–H and O–H groups in total. The summed E-state index contributed by atoms with van der Waals surface area (Å²) < 4.78 is 5.82. The number of carbonyl (C=O) groups excluding carboxylic acids is 1. The van der Waals surface area contributed by atoms with Crippen LogP contribution in [0.15, 0.2) is 18.2 Å². The maximum atomic E-state index is 12.9. The molecule has 1 aromatic carbocycles. The van der Waals surface area contributed by atoms with Crippen LogP contribution in [0.4, 0.5) is 0 Å². The lowest BCUT2D eigenvalue weighted by atomic mass is 9.49. The van der Waals surface area contributed by atoms with E-state index in [4.69, 9.17) is 4.74 Å². The lowest BCUT2D eigenvalue weighted by Crippen LogP contribution is -2.51. The maximum absolute atomic E-state index is 12.9. The molecule has 2 nitrogen and oxygen atoms in total. The summed E-state index contributed by atoms with van der Waals surface area (Å²) in [7, 11) is 0. The first kappa shape index (κ1) is 13.4. The number of hydrogen-bond donors (Lipinski definition) is 0. The highest BCUT2D eigenvalue weighted by Gasteiger charge is 2.55. The standard InChI is InChI=1S/C19H24O2/c1-12-3-13(2)5-17(4-12)21-18(20)19-9-14-6-15(10-19)8-16(7-14)11-19/h3-5,14-16H,6-11H2,1-2H3. The quantitative estimate of drug-likeness (QED) is 0.593. The Morgan fingerprint density at radius 3 is 1.90 bits per heavy atom. The van der Waals surface area contributed by atoms with Crippen LogP contribution >= 0.6 is 0 Å². The summed E-state index contributed by atoms with van der Waals surface area (Å²) in [6.07, 6.45) is 7.29. The molecule has 0 aliphatic heterocycles. The van der Waals surface area contributed by atoms with Crippen molar-refractivity contribution >= 4 is 5.97 Å². The fourth-order valence-corrected chi connectivity index (χ4v) is 5.57. The first-order valence-corrected chi connectivity index (χ1v) is 8.33. The van der Waals surface area contributed by atoms with E-state index in [1.165, 1.54) is 19.3 Å². The molecule has 0 amide bonds. The van der Waals surface area contributed by atoms with E-state index >= 15 is 0 Å². The molecule has 4 bridgehead atoms. The average Bonchev–Trinajstić information content (AvgIpc) is 2.35. The molecule has 0 radical (unpaired) electrons. The van der Waals surface area contributed by atoms with Crippen LogP contribution in [0.3, 0.4) is 0 Å². The summed E-state index contributed by atoms with van der Waals surface area (Å²) in [5.74, 6) is 3.12. The molecule has 4 aliphatic rings. The fraction of sp³-hybridized carbons (Fsp3) is 0.632. The Hall–Kier alpha value is -1.31. The minimum atomic E-state index is -0.160. The number of hydrogen-bond acceptors (Lipinski definition) is 2. The van der Waals surface area contributed by atoms with Crippen molar-refractivity contribution in [3.63, 3.8) is 0 Å². The van der Waals surface area contributed by atoms with Gasteiger partial charge in [-0.3, -0.25) is 4.79 Å². The molecule has 0 unspecified atom stereocenters. The number of carbonyl (C=O) groups is 1. The van der Waals surface area contributed by atoms with E-state index < -0.39 is 0 Å². The predicted octanol–water partition coefficient (Wildman–Crippen LogP) is 4.43. The van der Waals surface area contributed by atoms with E-state index in [9.17, 15) is 4.79 Å². The van der Waals surface area contributed by atoms with Gasteiger partial charge in [-0.25, -0.2) is 0 Å². The van der Waals surface area contributed by atoms with Gasteiger partial charge in [0, 0.05) is 0 Å². The Labute approximate surface area is 126 Å². The van der Waals surface area contributed by atoms with E-state index in [2.05, 4.69) is 19.9 Å². The summed E-state index contributed by atoms with van der Waals surface area (Å²) in [5, 5.41) is 0. The van der Waals surface area contributed by atoms with Crippen LogP contribution in [0.25, 0.3) is 0 Å². The summed E-state index contributed by atoms with van der Waals surface area (Å²) in [6.45, 7) is 4.10. The number of aryl methyl sites for hydroxylation is 2. The highest BCUT2D eigenvalue weighted by molar-refractivity contribution is 5.80. The number of rotatable bonds is 2. The molecule has 2 heteroatoms. The third-order valence-electron chi connectivity index (χ3n) is 5.88. The third kappa shape index (κ3) is 2.29. The van der Waals surface area contributed by atoms with Crippen molar-refractivity contribution in [3.8, 4) is 5.75 Å². The summed E-state index contributed by atoms with van der Waals surface area (Å²) >= 11 is 0. The fourth-order valence-electron chi connectivity index (χ4n) is 5.57. The third-order valence-corrected chi connectivity index (χ3v) is 5.88. The normalized spacial score (nSPS) is 36.8. The van der Waals surface area contributed by atoms with Crippen molar-refractivity contribution in [3.05, 3.63) is 29.3 Å². The van der Waals surface area contributed by atoms with Gasteiger partial charge >= 0.3 is 5.97 Å². The highest BCUT2D eigenvalue weighted by atomic mass is 16.5. The molecule has 1 aromatic rings. The van der Waals surface area contributed by atoms with Crippen molar-refractivity contribution in [1.29, 1.82) is 0 Å². The van der Waals surface area contributed by atoms with Crippen LogP contribution in [0, 0.1) is 37.0 Å². The molecular formula is C19H24O2. The lowest BCUT2D eigenvalue weighted by molar-refractivity contribution is -0.161. The van der Waals surface area contributed by atoms with E-state index in [1.54, 1.807) is 0 Å². The Bertz CT molecular complexity index is 532. The summed E-state index contributed by atoms with van der Waals surface area (Å²) in [6, 6.07) is 6.07. The molecule has 0 spiro atoms. The lowest BCUT2D eigenvalue weighted by Gasteiger charge is -2.55. The molecule has 4 fully saturated rings. The minimum Gasteiger partial charge on any atom is -0.426 e. The maximum Gasteiger partial charge on any atom is 0.317 e. The summed E-state index contributed by atoms with van der Waals surface area (Å²) in [4.78, 5) is 12.9. The van der Waals surface area contributed by atoms with Gasteiger partial charge in [0.15, 0.2) is 0 Å². The molecule has 0 aromatic heterocycles. The second-order valence-corrected chi connectivity index (χ2v) is 7.91. The number of esters is 1. The van der Waals surface area contributed by atoms with Gasteiger partial charge in [-0.15, -0.1) is 0 Å². The largest absolute Gasteiger partial charge is 0.426 e. The Morgan fingerprint density at radius 2 is 1.43 bits per heavy atom. The van der Waals surface area contributed by atoms with Gasteiger partial charge in [-0.1, -0.05) is 6.07 Å². The van der Waals surface area contributed by atoms with Gasteiger partial charge in [-0.05, 0) is 93.4 Å². The first-order valence-electron chi connectivity index (χ1n) is 8.33. The second kappa shape index (κ2) is 4.59. The zero-order chi connectivity index (χ0) is 14.6. The van der Waals surface area contributed by atoms with Crippen molar-refractivity contribution in [2.45, 2.75) is 52.4 Å². The van der Waals surface area contributed by atoms with Crippen LogP contribution < -0.4 is 4.74 Å². The molecule has 0 heterocycles. The van der Waals surface area contributed by atoms with Crippen molar-refractivity contribution < 1.29 is 9.53 Å². The molecule has 5 rings (SSSR count). The van der Waals surface area contributed by atoms with Crippen LogP contribution in [-0.2, 0) is 4.79 Å². The molecule has 21 heavy (non-hydrogen) atoms. The van der Waals surface area contributed by atoms with Crippen LogP contribution in [0.5, 0.6) is 5.75 Å². The molecule has 4 saturated carbocycles. The van der Waals surface area contributed by atoms with Gasteiger partial charge in [0.25, 0.3) is 0 Å². The van der Waals surface area contributed by atoms with Gasteiger partial charge in [-0.2, -0.15) is 0 Å². The van der Waals surface area contributed by atoms with Gasteiger partial charge in [0.05, 0.1) is 5.41 Å².